The van der Waals surface area contributed by atoms with E-state index in [0.29, 0.717) is 56.9 Å². The maximum Gasteiger partial charge on any atom is 0.418 e. The number of carbonyl (C=O) groups is 2. The molecular formula is C53H34F8N8O2. The van der Waals surface area contributed by atoms with Gasteiger partial charge in [-0.2, -0.15) is 13.2 Å². The van der Waals surface area contributed by atoms with Crippen LogP contribution in [0.2, 0.25) is 0 Å². The highest BCUT2D eigenvalue weighted by molar-refractivity contribution is 6.07. The molecule has 0 saturated heterocycles. The summed E-state index contributed by atoms with van der Waals surface area (Å²) >= 11 is 0. The number of alkyl halides is 3. The molecule has 18 heteroatoms. The van der Waals surface area contributed by atoms with E-state index < -0.39 is 52.3 Å². The van der Waals surface area contributed by atoms with E-state index >= 15 is 0 Å². The normalized spacial score (nSPS) is 11.4. The minimum absolute atomic E-state index is 0.0387. The Morgan fingerprint density at radius 3 is 1.46 bits per heavy atom. The van der Waals surface area contributed by atoms with Crippen molar-refractivity contribution in [2.24, 2.45) is 0 Å². The Morgan fingerprint density at radius 1 is 0.507 bits per heavy atom. The lowest BCUT2D eigenvalue weighted by Crippen LogP contribution is -2.19. The average molecular weight is 967 g/mol. The first-order valence-corrected chi connectivity index (χ1v) is 21.4. The second-order valence-corrected chi connectivity index (χ2v) is 16.0. The van der Waals surface area contributed by atoms with Gasteiger partial charge in [0.15, 0.2) is 23.3 Å². The summed E-state index contributed by atoms with van der Waals surface area (Å²) < 4.78 is 114. The lowest BCUT2D eigenvalue weighted by atomic mass is 10.0. The number of carbonyl (C=O) groups excluding carboxylic acids is 2. The molecule has 0 aliphatic rings. The molecule has 0 aliphatic heterocycles. The van der Waals surface area contributed by atoms with Crippen molar-refractivity contribution in [3.63, 3.8) is 0 Å². The van der Waals surface area contributed by atoms with Crippen molar-refractivity contribution in [2.45, 2.75) is 20.0 Å². The summed E-state index contributed by atoms with van der Waals surface area (Å²) in [5.41, 5.74) is 3.75. The van der Waals surface area contributed by atoms with Gasteiger partial charge in [-0.05, 0) is 116 Å². The van der Waals surface area contributed by atoms with E-state index in [9.17, 15) is 44.7 Å². The van der Waals surface area contributed by atoms with Gasteiger partial charge in [0.1, 0.15) is 17.1 Å². The number of nitrogens with zero attached hydrogens (tertiary/aromatic N) is 6. The molecule has 10 nitrogen and oxygen atoms in total. The first kappa shape index (κ1) is 47.0. The zero-order valence-electron chi connectivity index (χ0n) is 37.0. The Balaban J connectivity index is 0.000000176. The summed E-state index contributed by atoms with van der Waals surface area (Å²) in [4.78, 5) is 42.9. The Hall–Kier alpha value is -9.06. The van der Waals surface area contributed by atoms with Gasteiger partial charge in [-0.3, -0.25) is 28.4 Å². The van der Waals surface area contributed by atoms with Gasteiger partial charge in [0.2, 0.25) is 0 Å². The average Bonchev–Trinajstić information content (AvgIpc) is 4.00. The Bertz CT molecular complexity index is 3670. The number of amides is 2. The fraction of sp³-hybridized carbons (Fsp3) is 0.0566. The fourth-order valence-electron chi connectivity index (χ4n) is 7.72. The van der Waals surface area contributed by atoms with Crippen LogP contribution in [0.3, 0.4) is 0 Å². The molecule has 2 amide bonds. The van der Waals surface area contributed by atoms with Crippen molar-refractivity contribution in [3.05, 3.63) is 215 Å². The first-order valence-electron chi connectivity index (χ1n) is 21.4. The molecule has 10 aromatic rings. The molecule has 0 fully saturated rings. The van der Waals surface area contributed by atoms with Crippen molar-refractivity contribution in [1.82, 2.24) is 28.7 Å². The van der Waals surface area contributed by atoms with E-state index in [-0.39, 0.29) is 34.1 Å². The largest absolute Gasteiger partial charge is 0.418 e. The van der Waals surface area contributed by atoms with E-state index in [0.717, 1.165) is 23.8 Å². The monoisotopic (exact) mass is 966 g/mol. The minimum Gasteiger partial charge on any atom is -0.322 e. The number of benzene rings is 4. The van der Waals surface area contributed by atoms with E-state index in [2.05, 4.69) is 30.6 Å². The van der Waals surface area contributed by atoms with Gasteiger partial charge >= 0.3 is 6.18 Å². The van der Waals surface area contributed by atoms with Crippen LogP contribution in [0.15, 0.2) is 159 Å². The van der Waals surface area contributed by atoms with Crippen molar-refractivity contribution in [3.8, 4) is 45.0 Å². The summed E-state index contributed by atoms with van der Waals surface area (Å²) in [6.07, 6.45) is 3.39. The molecule has 0 unspecified atom stereocenters. The van der Waals surface area contributed by atoms with Crippen LogP contribution in [-0.4, -0.2) is 40.6 Å². The number of hydrogen-bond donors (Lipinski definition) is 2. The van der Waals surface area contributed by atoms with Gasteiger partial charge in [-0.15, -0.1) is 0 Å². The Labute approximate surface area is 398 Å². The fourth-order valence-corrected chi connectivity index (χ4v) is 7.72. The third kappa shape index (κ3) is 9.54. The molecule has 0 spiro atoms. The molecule has 0 radical (unpaired) electrons. The van der Waals surface area contributed by atoms with Gasteiger partial charge in [-0.25, -0.2) is 31.9 Å². The van der Waals surface area contributed by atoms with Crippen LogP contribution in [0, 0.1) is 42.9 Å². The number of imidazole rings is 2. The Kier molecular flexibility index (Phi) is 12.7. The third-order valence-electron chi connectivity index (χ3n) is 11.3. The molecule has 4 aromatic carbocycles. The first-order chi connectivity index (χ1) is 34.0. The number of aryl methyl sites for hydroxylation is 2. The van der Waals surface area contributed by atoms with E-state index in [1.54, 1.807) is 84.5 Å². The molecule has 6 aromatic heterocycles. The second-order valence-electron chi connectivity index (χ2n) is 16.0. The second kappa shape index (κ2) is 19.1. The predicted molar refractivity (Wildman–Crippen MR) is 251 cm³/mol. The minimum atomic E-state index is -4.83. The zero-order chi connectivity index (χ0) is 50.1. The standard InChI is InChI=1S/C27H17F5N4O.C26H17F3N4O/c1-15-7-9-16(10-8-15)35-26(37)19-12-22(33-13-20(19)27(30,31)32)17-5-3-11-36-23(14-34-25(17)36)18-4-2-6-21(28)24(18)29;1-15-13-30-22(12-20(15)26(34)32-17-9-7-16(27)8-10-17)18-5-3-11-33-23(14-31-25(18)33)19-4-2-6-21(28)24(19)29/h2-14H,1H3,(H,35,37);2-14H,1H3,(H,32,34). The smallest absolute Gasteiger partial charge is 0.322 e. The van der Waals surface area contributed by atoms with Gasteiger partial charge < -0.3 is 10.6 Å². The number of anilines is 2. The molecule has 0 atom stereocenters. The molecular weight excluding hydrogens is 933 g/mol. The summed E-state index contributed by atoms with van der Waals surface area (Å²) in [6.45, 7) is 3.60. The maximum atomic E-state index is 14.4. The van der Waals surface area contributed by atoms with E-state index in [1.165, 1.54) is 65.3 Å². The van der Waals surface area contributed by atoms with Crippen molar-refractivity contribution in [2.75, 3.05) is 10.6 Å². The summed E-state index contributed by atoms with van der Waals surface area (Å²) in [6, 6.07) is 29.1. The topological polar surface area (TPSA) is 119 Å². The van der Waals surface area contributed by atoms with Gasteiger partial charge in [0.25, 0.3) is 11.8 Å². The number of rotatable bonds is 8. The van der Waals surface area contributed by atoms with Crippen LogP contribution in [0.25, 0.3) is 56.3 Å². The quantitative estimate of drug-likeness (QED) is 0.146. The van der Waals surface area contributed by atoms with Crippen molar-refractivity contribution in [1.29, 1.82) is 0 Å². The molecule has 354 valence electrons. The number of fused-ring (bicyclic) bond motifs is 2. The van der Waals surface area contributed by atoms with Gasteiger partial charge in [-0.1, -0.05) is 29.8 Å². The van der Waals surface area contributed by atoms with Crippen molar-refractivity contribution >= 4 is 34.5 Å². The molecule has 0 bridgehead atoms. The van der Waals surface area contributed by atoms with Crippen LogP contribution in [0.4, 0.5) is 46.5 Å². The highest BCUT2D eigenvalue weighted by Gasteiger charge is 2.36. The number of aromatic nitrogens is 6. The van der Waals surface area contributed by atoms with Crippen molar-refractivity contribution < 1.29 is 44.7 Å². The van der Waals surface area contributed by atoms with Crippen LogP contribution in [0.5, 0.6) is 0 Å². The van der Waals surface area contributed by atoms with Crippen LogP contribution in [-0.2, 0) is 6.18 Å². The summed E-state index contributed by atoms with van der Waals surface area (Å²) in [5, 5.41) is 5.23. The zero-order valence-corrected chi connectivity index (χ0v) is 37.0. The molecule has 0 aliphatic carbocycles. The molecule has 71 heavy (non-hydrogen) atoms. The number of pyridine rings is 4. The molecule has 0 saturated carbocycles. The summed E-state index contributed by atoms with van der Waals surface area (Å²) in [7, 11) is 0. The van der Waals surface area contributed by atoms with Gasteiger partial charge in [0, 0.05) is 64.0 Å². The molecule has 10 rings (SSSR count). The number of hydrogen-bond acceptors (Lipinski definition) is 6. The van der Waals surface area contributed by atoms with Crippen LogP contribution in [0.1, 0.15) is 37.4 Å². The maximum absolute atomic E-state index is 14.4. The van der Waals surface area contributed by atoms with E-state index in [4.69, 9.17) is 0 Å². The lowest BCUT2D eigenvalue weighted by Gasteiger charge is -2.14. The lowest BCUT2D eigenvalue weighted by molar-refractivity contribution is -0.138. The SMILES string of the molecule is Cc1ccc(NC(=O)c2cc(-c3cccn4c(-c5cccc(F)c5F)cnc34)ncc2C(F)(F)F)cc1.Cc1cnc(-c2cccn3c(-c4cccc(F)c4F)cnc23)cc1C(=O)Nc1ccc(F)cc1. The third-order valence-corrected chi connectivity index (χ3v) is 11.3. The highest BCUT2D eigenvalue weighted by atomic mass is 19.4. The number of halogens is 8. The molecule has 6 heterocycles. The Morgan fingerprint density at radius 2 is 0.958 bits per heavy atom. The summed E-state index contributed by atoms with van der Waals surface area (Å²) in [5.74, 6) is -5.72. The number of nitrogens with one attached hydrogen (secondary N) is 2. The highest BCUT2D eigenvalue weighted by Crippen LogP contribution is 2.36. The predicted octanol–water partition coefficient (Wildman–Crippen LogP) is 13.0. The van der Waals surface area contributed by atoms with Gasteiger partial charge in [0.05, 0.1) is 46.3 Å². The van der Waals surface area contributed by atoms with Crippen LogP contribution >= 0.6 is 0 Å². The van der Waals surface area contributed by atoms with E-state index in [1.807, 2.05) is 6.92 Å². The van der Waals surface area contributed by atoms with Crippen LogP contribution < -0.4 is 10.6 Å². The molecule has 2 N–H and O–H groups in total.